The highest BCUT2D eigenvalue weighted by Gasteiger charge is 2.34. The van der Waals surface area contributed by atoms with Crippen molar-refractivity contribution in [1.82, 2.24) is 9.78 Å². The zero-order valence-electron chi connectivity index (χ0n) is 18.1. The van der Waals surface area contributed by atoms with Crippen molar-refractivity contribution in [2.24, 2.45) is 11.8 Å². The second-order valence-electron chi connectivity index (χ2n) is 8.27. The highest BCUT2D eigenvalue weighted by Crippen LogP contribution is 2.33. The van der Waals surface area contributed by atoms with E-state index >= 15 is 0 Å². The Labute approximate surface area is 177 Å². The first-order chi connectivity index (χ1) is 14.3. The minimum atomic E-state index is -0.550. The van der Waals surface area contributed by atoms with Gasteiger partial charge in [0, 0.05) is 18.2 Å². The number of anilines is 1. The molecule has 1 saturated carbocycles. The molecule has 1 aliphatic carbocycles. The van der Waals surface area contributed by atoms with E-state index in [1.54, 1.807) is 24.0 Å². The number of esters is 1. The van der Waals surface area contributed by atoms with Crippen LogP contribution < -0.4 is 4.90 Å². The van der Waals surface area contributed by atoms with Gasteiger partial charge in [0.05, 0.1) is 12.3 Å². The summed E-state index contributed by atoms with van der Waals surface area (Å²) in [6, 6.07) is 5.74. The van der Waals surface area contributed by atoms with E-state index in [1.165, 1.54) is 23.0 Å². The van der Waals surface area contributed by atoms with Crippen LogP contribution in [0.5, 0.6) is 0 Å². The minimum Gasteiger partial charge on any atom is -0.462 e. The summed E-state index contributed by atoms with van der Waals surface area (Å²) < 4.78 is 20.4. The van der Waals surface area contributed by atoms with E-state index in [0.717, 1.165) is 25.7 Å². The van der Waals surface area contributed by atoms with Crippen LogP contribution in [0.15, 0.2) is 30.5 Å². The molecular formula is C23H30FN3O3. The molecule has 162 valence electrons. The third-order valence-electron chi connectivity index (χ3n) is 5.61. The molecule has 0 unspecified atom stereocenters. The molecule has 1 aromatic heterocycles. The van der Waals surface area contributed by atoms with Crippen LogP contribution in [-0.4, -0.2) is 34.3 Å². The monoisotopic (exact) mass is 415 g/mol. The lowest BCUT2D eigenvalue weighted by Crippen LogP contribution is -2.43. The molecule has 0 spiro atoms. The van der Waals surface area contributed by atoms with Crippen LogP contribution >= 0.6 is 0 Å². The van der Waals surface area contributed by atoms with Crippen molar-refractivity contribution in [3.63, 3.8) is 0 Å². The number of carbonyl (C=O) groups is 2. The number of nitrogens with zero attached hydrogens (tertiary/aromatic N) is 3. The molecule has 0 N–H and O–H groups in total. The van der Waals surface area contributed by atoms with Gasteiger partial charge in [0.15, 0.2) is 5.82 Å². The predicted molar refractivity (Wildman–Crippen MR) is 113 cm³/mol. The molecule has 1 amide bonds. The highest BCUT2D eigenvalue weighted by molar-refractivity contribution is 6.02. The largest absolute Gasteiger partial charge is 0.462 e. The summed E-state index contributed by atoms with van der Waals surface area (Å²) >= 11 is 0. The number of aromatic nitrogens is 2. The molecule has 0 bridgehead atoms. The fourth-order valence-corrected chi connectivity index (χ4v) is 3.95. The quantitative estimate of drug-likeness (QED) is 0.639. The average Bonchev–Trinajstić information content (AvgIpc) is 3.13. The third-order valence-corrected chi connectivity index (χ3v) is 5.61. The Morgan fingerprint density at radius 2 is 1.97 bits per heavy atom. The first-order valence-corrected chi connectivity index (χ1v) is 10.7. The Bertz CT molecular complexity index is 901. The second-order valence-corrected chi connectivity index (χ2v) is 8.27. The zero-order valence-corrected chi connectivity index (χ0v) is 18.1. The summed E-state index contributed by atoms with van der Waals surface area (Å²) in [6.07, 6.45) is 5.22. The van der Waals surface area contributed by atoms with Gasteiger partial charge < -0.3 is 4.74 Å². The first kappa shape index (κ1) is 22.0. The third kappa shape index (κ3) is 4.71. The van der Waals surface area contributed by atoms with Gasteiger partial charge in [0.2, 0.25) is 5.91 Å². The van der Waals surface area contributed by atoms with Crippen LogP contribution in [0.2, 0.25) is 0 Å². The van der Waals surface area contributed by atoms with Gasteiger partial charge in [-0.2, -0.15) is 0 Å². The van der Waals surface area contributed by atoms with Gasteiger partial charge in [-0.15, -0.1) is 5.10 Å². The van der Waals surface area contributed by atoms with Crippen LogP contribution in [0, 0.1) is 17.7 Å². The standard InChI is InChI=1S/C23H30FN3O3/c1-5-30-23(29)20-14-26(19-8-6-7-18(24)13-19)25-21(20)27(15(2)3)22(28)17-11-9-16(4)10-12-17/h6-8,13-17H,5,9-12H2,1-4H3. The molecule has 1 aliphatic rings. The number of hydrogen-bond donors (Lipinski definition) is 0. The molecule has 1 aromatic carbocycles. The van der Waals surface area contributed by atoms with Crippen LogP contribution in [0.25, 0.3) is 5.69 Å². The number of rotatable bonds is 6. The van der Waals surface area contributed by atoms with E-state index in [9.17, 15) is 14.0 Å². The molecule has 7 heteroatoms. The van der Waals surface area contributed by atoms with E-state index in [1.807, 2.05) is 13.8 Å². The number of benzene rings is 1. The summed E-state index contributed by atoms with van der Waals surface area (Å²) in [5.41, 5.74) is 0.668. The summed E-state index contributed by atoms with van der Waals surface area (Å²) in [5, 5.41) is 4.53. The smallest absolute Gasteiger partial charge is 0.343 e. The van der Waals surface area contributed by atoms with Crippen LogP contribution in [0.1, 0.15) is 63.7 Å². The highest BCUT2D eigenvalue weighted by atomic mass is 19.1. The molecule has 30 heavy (non-hydrogen) atoms. The molecule has 0 saturated heterocycles. The maximum Gasteiger partial charge on any atom is 0.343 e. The van der Waals surface area contributed by atoms with Crippen molar-refractivity contribution in [1.29, 1.82) is 0 Å². The molecular weight excluding hydrogens is 385 g/mol. The van der Waals surface area contributed by atoms with Crippen molar-refractivity contribution in [3.8, 4) is 5.69 Å². The summed E-state index contributed by atoms with van der Waals surface area (Å²) in [5.74, 6) is -0.175. The van der Waals surface area contributed by atoms with Gasteiger partial charge in [0.1, 0.15) is 11.4 Å². The first-order valence-electron chi connectivity index (χ1n) is 10.7. The second kappa shape index (κ2) is 9.41. The van der Waals surface area contributed by atoms with Crippen LogP contribution in [0.3, 0.4) is 0 Å². The summed E-state index contributed by atoms with van der Waals surface area (Å²) in [4.78, 5) is 27.7. The Hall–Kier alpha value is -2.70. The molecule has 3 rings (SSSR count). The lowest BCUT2D eigenvalue weighted by atomic mass is 9.82. The van der Waals surface area contributed by atoms with Crippen molar-refractivity contribution < 1.29 is 18.7 Å². The molecule has 6 nitrogen and oxygen atoms in total. The van der Waals surface area contributed by atoms with E-state index in [0.29, 0.717) is 11.6 Å². The Kier molecular flexibility index (Phi) is 6.90. The fraction of sp³-hybridized carbons (Fsp3) is 0.522. The minimum absolute atomic E-state index is 0.0214. The van der Waals surface area contributed by atoms with E-state index in [2.05, 4.69) is 12.0 Å². The zero-order chi connectivity index (χ0) is 21.8. The van der Waals surface area contributed by atoms with Crippen molar-refractivity contribution in [2.75, 3.05) is 11.5 Å². The Morgan fingerprint density at radius 3 is 2.57 bits per heavy atom. The topological polar surface area (TPSA) is 64.4 Å². The molecule has 0 aliphatic heterocycles. The SMILES string of the molecule is CCOC(=O)c1cn(-c2cccc(F)c2)nc1N(C(=O)C1CCC(C)CC1)C(C)C. The van der Waals surface area contributed by atoms with Crippen molar-refractivity contribution >= 4 is 17.7 Å². The number of carbonyl (C=O) groups excluding carboxylic acids is 2. The number of hydrogen-bond acceptors (Lipinski definition) is 4. The van der Waals surface area contributed by atoms with Gasteiger partial charge >= 0.3 is 5.97 Å². The Balaban J connectivity index is 2.03. The number of amides is 1. The number of ether oxygens (including phenoxy) is 1. The maximum atomic E-state index is 13.7. The number of halogens is 1. The summed E-state index contributed by atoms with van der Waals surface area (Å²) in [6.45, 7) is 7.95. The summed E-state index contributed by atoms with van der Waals surface area (Å²) in [7, 11) is 0. The van der Waals surface area contributed by atoms with E-state index in [-0.39, 0.29) is 35.9 Å². The fourth-order valence-electron chi connectivity index (χ4n) is 3.95. The van der Waals surface area contributed by atoms with Crippen molar-refractivity contribution in [2.45, 2.75) is 59.4 Å². The van der Waals surface area contributed by atoms with E-state index in [4.69, 9.17) is 4.74 Å². The van der Waals surface area contributed by atoms with Gasteiger partial charge in [-0.05, 0) is 70.6 Å². The van der Waals surface area contributed by atoms with Gasteiger partial charge in [-0.3, -0.25) is 9.69 Å². The lowest BCUT2D eigenvalue weighted by molar-refractivity contribution is -0.124. The molecule has 0 radical (unpaired) electrons. The molecule has 0 atom stereocenters. The predicted octanol–water partition coefficient (Wildman–Crippen LogP) is 4.76. The normalized spacial score (nSPS) is 19.0. The molecule has 1 fully saturated rings. The van der Waals surface area contributed by atoms with Crippen LogP contribution in [-0.2, 0) is 9.53 Å². The van der Waals surface area contributed by atoms with E-state index < -0.39 is 11.8 Å². The van der Waals surface area contributed by atoms with Gasteiger partial charge in [-0.25, -0.2) is 13.9 Å². The van der Waals surface area contributed by atoms with Gasteiger partial charge in [0.25, 0.3) is 0 Å². The van der Waals surface area contributed by atoms with Crippen LogP contribution in [0.4, 0.5) is 10.2 Å². The van der Waals surface area contributed by atoms with Gasteiger partial charge in [-0.1, -0.05) is 13.0 Å². The Morgan fingerprint density at radius 1 is 1.27 bits per heavy atom. The van der Waals surface area contributed by atoms with Crippen molar-refractivity contribution in [3.05, 3.63) is 41.8 Å². The maximum absolute atomic E-state index is 13.7. The molecule has 1 heterocycles. The lowest BCUT2D eigenvalue weighted by Gasteiger charge is -2.32. The average molecular weight is 416 g/mol. The molecule has 2 aromatic rings.